The number of likely N-dealkylation sites (tertiary alicyclic amines) is 1. The van der Waals surface area contributed by atoms with Crippen LogP contribution in [0.4, 0.5) is 0 Å². The number of aryl methyl sites for hydroxylation is 1. The Balaban J connectivity index is 0.000000963. The van der Waals surface area contributed by atoms with Gasteiger partial charge in [0.15, 0.2) is 0 Å². The van der Waals surface area contributed by atoms with Crippen molar-refractivity contribution in [3.63, 3.8) is 0 Å². The summed E-state index contributed by atoms with van der Waals surface area (Å²) in [5.41, 5.74) is 1.16. The Labute approximate surface area is 107 Å². The van der Waals surface area contributed by atoms with Crippen LogP contribution in [-0.4, -0.2) is 36.1 Å². The van der Waals surface area contributed by atoms with Crippen LogP contribution in [-0.2, 0) is 6.54 Å². The molecule has 0 amide bonds. The van der Waals surface area contributed by atoms with Crippen LogP contribution in [0.5, 0.6) is 0 Å². The molecule has 2 aliphatic heterocycles. The van der Waals surface area contributed by atoms with Gasteiger partial charge in [0.05, 0.1) is 6.54 Å². The largest absolute Gasteiger partial charge is 0.316 e. The van der Waals surface area contributed by atoms with Crippen molar-refractivity contribution in [2.45, 2.75) is 13.5 Å². The van der Waals surface area contributed by atoms with Gasteiger partial charge in [-0.05, 0) is 31.8 Å². The summed E-state index contributed by atoms with van der Waals surface area (Å²) in [6, 6.07) is 0. The van der Waals surface area contributed by atoms with Gasteiger partial charge in [0.1, 0.15) is 5.01 Å². The Hall–Kier alpha value is -0.160. The summed E-state index contributed by atoms with van der Waals surface area (Å²) in [6.07, 6.45) is 0. The molecular formula is C11H18ClN3S. The van der Waals surface area contributed by atoms with Gasteiger partial charge in [-0.15, -0.1) is 23.7 Å². The van der Waals surface area contributed by atoms with Crippen LogP contribution < -0.4 is 5.32 Å². The number of aromatic nitrogens is 1. The monoisotopic (exact) mass is 259 g/mol. The minimum atomic E-state index is 0. The number of rotatable bonds is 2. The van der Waals surface area contributed by atoms with Crippen molar-refractivity contribution in [1.29, 1.82) is 0 Å². The summed E-state index contributed by atoms with van der Waals surface area (Å²) < 4.78 is 0. The number of hydrogen-bond donors (Lipinski definition) is 1. The van der Waals surface area contributed by atoms with Gasteiger partial charge in [0.2, 0.25) is 0 Å². The fourth-order valence-electron chi connectivity index (χ4n) is 2.75. The highest BCUT2D eigenvalue weighted by molar-refractivity contribution is 7.09. The molecule has 0 bridgehead atoms. The highest BCUT2D eigenvalue weighted by Gasteiger charge is 2.35. The lowest BCUT2D eigenvalue weighted by atomic mass is 10.0. The summed E-state index contributed by atoms with van der Waals surface area (Å²) in [5, 5.41) is 6.90. The average molecular weight is 260 g/mol. The molecule has 1 aromatic rings. The van der Waals surface area contributed by atoms with Gasteiger partial charge >= 0.3 is 0 Å². The second-order valence-electron chi connectivity index (χ2n) is 4.76. The smallest absolute Gasteiger partial charge is 0.107 e. The molecule has 16 heavy (non-hydrogen) atoms. The standard InChI is InChI=1S/C11H17N3S.ClH/c1-8-7-15-11(13-8)6-14-4-9-2-12-3-10(9)5-14;/h7,9-10,12H,2-6H2,1H3;1H/t9-,10+;. The molecule has 3 rings (SSSR count). The third-order valence-electron chi connectivity index (χ3n) is 3.49. The second kappa shape index (κ2) is 5.00. The fourth-order valence-corrected chi connectivity index (χ4v) is 3.56. The van der Waals surface area contributed by atoms with E-state index in [1.165, 1.54) is 31.2 Å². The van der Waals surface area contributed by atoms with Crippen molar-refractivity contribution in [2.75, 3.05) is 26.2 Å². The third kappa shape index (κ3) is 2.40. The number of fused-ring (bicyclic) bond motifs is 1. The van der Waals surface area contributed by atoms with Gasteiger partial charge in [-0.3, -0.25) is 4.90 Å². The summed E-state index contributed by atoms with van der Waals surface area (Å²) in [7, 11) is 0. The molecule has 0 saturated carbocycles. The van der Waals surface area contributed by atoms with Gasteiger partial charge in [-0.2, -0.15) is 0 Å². The Morgan fingerprint density at radius 2 is 2.12 bits per heavy atom. The molecule has 1 N–H and O–H groups in total. The molecule has 90 valence electrons. The topological polar surface area (TPSA) is 28.2 Å². The maximum atomic E-state index is 4.53. The number of nitrogens with zero attached hydrogens (tertiary/aromatic N) is 2. The van der Waals surface area contributed by atoms with E-state index in [0.29, 0.717) is 0 Å². The second-order valence-corrected chi connectivity index (χ2v) is 5.70. The van der Waals surface area contributed by atoms with Crippen LogP contribution in [0.3, 0.4) is 0 Å². The zero-order chi connectivity index (χ0) is 10.3. The molecule has 2 atom stereocenters. The van der Waals surface area contributed by atoms with Crippen molar-refractivity contribution in [3.05, 3.63) is 16.1 Å². The van der Waals surface area contributed by atoms with Crippen LogP contribution >= 0.6 is 23.7 Å². The zero-order valence-corrected chi connectivity index (χ0v) is 11.1. The number of nitrogens with one attached hydrogen (secondary N) is 1. The maximum absolute atomic E-state index is 4.53. The highest BCUT2D eigenvalue weighted by atomic mass is 35.5. The first-order valence-electron chi connectivity index (χ1n) is 5.65. The van der Waals surface area contributed by atoms with Crippen molar-refractivity contribution < 1.29 is 0 Å². The molecule has 0 aliphatic carbocycles. The first-order chi connectivity index (χ1) is 7.31. The summed E-state index contributed by atoms with van der Waals surface area (Å²) >= 11 is 1.80. The average Bonchev–Trinajstić information content (AvgIpc) is 2.81. The number of hydrogen-bond acceptors (Lipinski definition) is 4. The van der Waals surface area contributed by atoms with E-state index in [0.717, 1.165) is 24.1 Å². The summed E-state index contributed by atoms with van der Waals surface area (Å²) in [4.78, 5) is 7.09. The zero-order valence-electron chi connectivity index (χ0n) is 9.48. The number of halogens is 1. The Bertz CT molecular complexity index is 343. The summed E-state index contributed by atoms with van der Waals surface area (Å²) in [5.74, 6) is 1.79. The van der Waals surface area contributed by atoms with E-state index in [9.17, 15) is 0 Å². The van der Waals surface area contributed by atoms with Gasteiger partial charge in [0, 0.05) is 24.2 Å². The molecule has 0 radical (unpaired) electrons. The van der Waals surface area contributed by atoms with Gasteiger partial charge in [0.25, 0.3) is 0 Å². The van der Waals surface area contributed by atoms with Crippen LogP contribution in [0.15, 0.2) is 5.38 Å². The van der Waals surface area contributed by atoms with Crippen molar-refractivity contribution >= 4 is 23.7 Å². The van der Waals surface area contributed by atoms with E-state index in [1.807, 2.05) is 0 Å². The first-order valence-corrected chi connectivity index (χ1v) is 6.53. The van der Waals surface area contributed by atoms with E-state index >= 15 is 0 Å². The van der Waals surface area contributed by atoms with Gasteiger partial charge < -0.3 is 5.32 Å². The Kier molecular flexibility index (Phi) is 3.85. The lowest BCUT2D eigenvalue weighted by molar-refractivity contribution is 0.305. The molecular weight excluding hydrogens is 242 g/mol. The van der Waals surface area contributed by atoms with E-state index < -0.39 is 0 Å². The predicted octanol–water partition coefficient (Wildman–Crippen LogP) is 1.52. The van der Waals surface area contributed by atoms with Crippen LogP contribution in [0.1, 0.15) is 10.7 Å². The molecule has 5 heteroatoms. The molecule has 2 aliphatic rings. The fraction of sp³-hybridized carbons (Fsp3) is 0.727. The lowest BCUT2D eigenvalue weighted by Gasteiger charge is -2.14. The molecule has 1 aromatic heterocycles. The molecule has 2 fully saturated rings. The van der Waals surface area contributed by atoms with Crippen LogP contribution in [0, 0.1) is 18.8 Å². The van der Waals surface area contributed by atoms with E-state index in [1.54, 1.807) is 11.3 Å². The van der Waals surface area contributed by atoms with E-state index in [-0.39, 0.29) is 12.4 Å². The van der Waals surface area contributed by atoms with E-state index in [4.69, 9.17) is 0 Å². The third-order valence-corrected chi connectivity index (χ3v) is 4.44. The lowest BCUT2D eigenvalue weighted by Crippen LogP contribution is -2.25. The molecule has 3 nitrogen and oxygen atoms in total. The van der Waals surface area contributed by atoms with Crippen molar-refractivity contribution in [2.24, 2.45) is 11.8 Å². The first kappa shape index (κ1) is 12.3. The normalized spacial score (nSPS) is 29.1. The quantitative estimate of drug-likeness (QED) is 0.873. The summed E-state index contributed by atoms with van der Waals surface area (Å²) in [6.45, 7) is 8.09. The maximum Gasteiger partial charge on any atom is 0.107 e. The Morgan fingerprint density at radius 1 is 1.44 bits per heavy atom. The minimum Gasteiger partial charge on any atom is -0.316 e. The van der Waals surface area contributed by atoms with Gasteiger partial charge in [-0.25, -0.2) is 4.98 Å². The van der Waals surface area contributed by atoms with Gasteiger partial charge in [-0.1, -0.05) is 0 Å². The molecule has 0 spiro atoms. The highest BCUT2D eigenvalue weighted by Crippen LogP contribution is 2.27. The molecule has 2 saturated heterocycles. The predicted molar refractivity (Wildman–Crippen MR) is 69.2 cm³/mol. The SMILES string of the molecule is Cc1csc(CN2C[C@H]3CNC[C@H]3C2)n1.Cl. The molecule has 0 aromatic carbocycles. The van der Waals surface area contributed by atoms with Crippen molar-refractivity contribution in [1.82, 2.24) is 15.2 Å². The Morgan fingerprint density at radius 3 is 2.69 bits per heavy atom. The molecule has 3 heterocycles. The number of thiazole rings is 1. The van der Waals surface area contributed by atoms with E-state index in [2.05, 4.69) is 27.5 Å². The van der Waals surface area contributed by atoms with Crippen LogP contribution in [0.25, 0.3) is 0 Å². The minimum absolute atomic E-state index is 0. The van der Waals surface area contributed by atoms with Crippen LogP contribution in [0.2, 0.25) is 0 Å². The van der Waals surface area contributed by atoms with Crippen molar-refractivity contribution in [3.8, 4) is 0 Å². The molecule has 0 unspecified atom stereocenters.